The van der Waals surface area contributed by atoms with Crippen molar-refractivity contribution in [3.63, 3.8) is 0 Å². The fraction of sp³-hybridized carbons (Fsp3) is 0.190. The van der Waals surface area contributed by atoms with Gasteiger partial charge in [-0.3, -0.25) is 4.79 Å². The number of nitrogens with zero attached hydrogens (tertiary/aromatic N) is 2. The number of hydrogen-bond acceptors (Lipinski definition) is 5. The van der Waals surface area contributed by atoms with E-state index < -0.39 is 0 Å². The highest BCUT2D eigenvalue weighted by atomic mass is 16.1. The first-order valence-corrected chi connectivity index (χ1v) is 8.73. The molecule has 27 heavy (non-hydrogen) atoms. The molecule has 6 heteroatoms. The molecule has 0 fully saturated rings. The number of benzene rings is 2. The Kier molecular flexibility index (Phi) is 5.35. The van der Waals surface area contributed by atoms with Crippen LogP contribution in [0, 0.1) is 20.8 Å². The van der Waals surface area contributed by atoms with Crippen LogP contribution < -0.4 is 16.0 Å². The summed E-state index contributed by atoms with van der Waals surface area (Å²) in [5, 5.41) is 9.38. The van der Waals surface area contributed by atoms with E-state index in [2.05, 4.69) is 58.0 Å². The summed E-state index contributed by atoms with van der Waals surface area (Å²) < 4.78 is 0. The minimum Gasteiger partial charge on any atom is -0.340 e. The van der Waals surface area contributed by atoms with Crippen LogP contribution in [-0.2, 0) is 4.79 Å². The highest BCUT2D eigenvalue weighted by molar-refractivity contribution is 5.89. The van der Waals surface area contributed by atoms with Crippen LogP contribution in [0.2, 0.25) is 0 Å². The molecule has 0 radical (unpaired) electrons. The van der Waals surface area contributed by atoms with Crippen LogP contribution in [-0.4, -0.2) is 15.9 Å². The molecule has 1 aromatic heterocycles. The van der Waals surface area contributed by atoms with Crippen molar-refractivity contribution in [1.29, 1.82) is 0 Å². The lowest BCUT2D eigenvalue weighted by Crippen LogP contribution is -2.06. The molecule has 6 nitrogen and oxygen atoms in total. The summed E-state index contributed by atoms with van der Waals surface area (Å²) >= 11 is 0. The van der Waals surface area contributed by atoms with E-state index in [4.69, 9.17) is 0 Å². The highest BCUT2D eigenvalue weighted by Crippen LogP contribution is 2.23. The van der Waals surface area contributed by atoms with Crippen LogP contribution >= 0.6 is 0 Å². The molecule has 0 saturated carbocycles. The molecule has 0 aliphatic heterocycles. The maximum atomic E-state index is 11.2. The molecule has 3 aromatic rings. The molecule has 0 spiro atoms. The van der Waals surface area contributed by atoms with Gasteiger partial charge in [0.25, 0.3) is 0 Å². The van der Waals surface area contributed by atoms with Crippen molar-refractivity contribution >= 4 is 34.6 Å². The van der Waals surface area contributed by atoms with Crippen molar-refractivity contribution in [3.05, 3.63) is 65.5 Å². The average Bonchev–Trinajstić information content (AvgIpc) is 2.52. The van der Waals surface area contributed by atoms with Gasteiger partial charge in [-0.15, -0.1) is 0 Å². The van der Waals surface area contributed by atoms with Crippen molar-refractivity contribution < 1.29 is 4.79 Å². The van der Waals surface area contributed by atoms with E-state index in [1.54, 1.807) is 0 Å². The van der Waals surface area contributed by atoms with Crippen LogP contribution in [0.25, 0.3) is 0 Å². The number of carbonyl (C=O) groups is 1. The maximum Gasteiger partial charge on any atom is 0.221 e. The Bertz CT molecular complexity index is 964. The van der Waals surface area contributed by atoms with E-state index in [9.17, 15) is 4.79 Å². The summed E-state index contributed by atoms with van der Waals surface area (Å²) in [7, 11) is 0. The lowest BCUT2D eigenvalue weighted by molar-refractivity contribution is -0.114. The monoisotopic (exact) mass is 361 g/mol. The molecule has 0 aliphatic rings. The van der Waals surface area contributed by atoms with Gasteiger partial charge >= 0.3 is 0 Å². The third-order valence-corrected chi connectivity index (χ3v) is 3.79. The van der Waals surface area contributed by atoms with E-state index >= 15 is 0 Å². The van der Waals surface area contributed by atoms with Gasteiger partial charge in [0.05, 0.1) is 0 Å². The average molecular weight is 361 g/mol. The lowest BCUT2D eigenvalue weighted by atomic mass is 10.1. The molecule has 0 bridgehead atoms. The van der Waals surface area contributed by atoms with Crippen LogP contribution in [0.1, 0.15) is 23.9 Å². The Balaban J connectivity index is 1.82. The molecular formula is C21H23N5O. The zero-order valence-corrected chi connectivity index (χ0v) is 15.9. The van der Waals surface area contributed by atoms with E-state index in [1.807, 2.05) is 37.3 Å². The van der Waals surface area contributed by atoms with E-state index in [0.717, 1.165) is 17.1 Å². The Hall–Kier alpha value is -3.41. The van der Waals surface area contributed by atoms with Gasteiger partial charge in [-0.25, -0.2) is 9.97 Å². The second-order valence-electron chi connectivity index (χ2n) is 6.57. The molecular weight excluding hydrogens is 338 g/mol. The summed E-state index contributed by atoms with van der Waals surface area (Å²) in [5.74, 6) is 1.94. The molecule has 0 atom stereocenters. The smallest absolute Gasteiger partial charge is 0.221 e. The predicted octanol–water partition coefficient (Wildman–Crippen LogP) is 4.85. The Morgan fingerprint density at radius 2 is 1.37 bits per heavy atom. The lowest BCUT2D eigenvalue weighted by Gasteiger charge is -2.12. The van der Waals surface area contributed by atoms with Gasteiger partial charge in [-0.05, 0) is 62.2 Å². The van der Waals surface area contributed by atoms with Crippen LogP contribution in [0.3, 0.4) is 0 Å². The molecule has 3 rings (SSSR count). The van der Waals surface area contributed by atoms with E-state index in [-0.39, 0.29) is 5.91 Å². The first kappa shape index (κ1) is 18.4. The second-order valence-corrected chi connectivity index (χ2v) is 6.57. The van der Waals surface area contributed by atoms with Crippen LogP contribution in [0.4, 0.5) is 28.7 Å². The fourth-order valence-electron chi connectivity index (χ4n) is 2.92. The van der Waals surface area contributed by atoms with Crippen LogP contribution in [0.15, 0.2) is 48.5 Å². The molecule has 0 aliphatic carbocycles. The van der Waals surface area contributed by atoms with Crippen molar-refractivity contribution in [2.45, 2.75) is 27.7 Å². The van der Waals surface area contributed by atoms with Crippen molar-refractivity contribution in [3.8, 4) is 0 Å². The number of anilines is 5. The van der Waals surface area contributed by atoms with Crippen LogP contribution in [0.5, 0.6) is 0 Å². The minimum absolute atomic E-state index is 0.107. The van der Waals surface area contributed by atoms with E-state index in [0.29, 0.717) is 17.5 Å². The second kappa shape index (κ2) is 7.86. The number of hydrogen-bond donors (Lipinski definition) is 3. The number of amides is 1. The number of nitrogens with one attached hydrogen (secondary N) is 3. The standard InChI is InChI=1S/C21H23N5O/c1-13-8-14(2)10-19(9-13)26-21-12-20(22-15(3)23-21)25-18-7-5-6-17(11-18)24-16(4)27/h5-12H,1-4H3,(H,24,27)(H2,22,23,25,26). The number of aryl methyl sites for hydroxylation is 3. The normalized spacial score (nSPS) is 10.4. The van der Waals surface area contributed by atoms with Gasteiger partial charge in [-0.1, -0.05) is 12.1 Å². The number of aromatic nitrogens is 2. The summed E-state index contributed by atoms with van der Waals surface area (Å²) in [4.78, 5) is 20.1. The first-order valence-electron chi connectivity index (χ1n) is 8.73. The van der Waals surface area contributed by atoms with Gasteiger partial charge in [0, 0.05) is 30.1 Å². The molecule has 0 saturated heterocycles. The van der Waals surface area contributed by atoms with E-state index in [1.165, 1.54) is 18.1 Å². The fourth-order valence-corrected chi connectivity index (χ4v) is 2.92. The molecule has 138 valence electrons. The minimum atomic E-state index is -0.107. The molecule has 1 amide bonds. The molecule has 2 aromatic carbocycles. The predicted molar refractivity (Wildman–Crippen MR) is 110 cm³/mol. The SMILES string of the molecule is CC(=O)Nc1cccc(Nc2cc(Nc3cc(C)cc(C)c3)nc(C)n2)c1. The van der Waals surface area contributed by atoms with Crippen molar-refractivity contribution in [2.24, 2.45) is 0 Å². The topological polar surface area (TPSA) is 78.9 Å². The highest BCUT2D eigenvalue weighted by Gasteiger charge is 2.05. The van der Waals surface area contributed by atoms with Gasteiger partial charge < -0.3 is 16.0 Å². The molecule has 3 N–H and O–H groups in total. The quantitative estimate of drug-likeness (QED) is 0.605. The van der Waals surface area contributed by atoms with Crippen molar-refractivity contribution in [1.82, 2.24) is 9.97 Å². The van der Waals surface area contributed by atoms with Gasteiger partial charge in [0.15, 0.2) is 0 Å². The largest absolute Gasteiger partial charge is 0.340 e. The number of rotatable bonds is 5. The third-order valence-electron chi connectivity index (χ3n) is 3.79. The first-order chi connectivity index (χ1) is 12.9. The Morgan fingerprint density at radius 1 is 0.778 bits per heavy atom. The summed E-state index contributed by atoms with van der Waals surface area (Å²) in [6, 6.07) is 15.6. The third kappa shape index (κ3) is 5.28. The van der Waals surface area contributed by atoms with Gasteiger partial charge in [0.1, 0.15) is 17.5 Å². The maximum absolute atomic E-state index is 11.2. The van der Waals surface area contributed by atoms with Crippen molar-refractivity contribution in [2.75, 3.05) is 16.0 Å². The Morgan fingerprint density at radius 3 is 2.00 bits per heavy atom. The zero-order chi connectivity index (χ0) is 19.4. The molecule has 1 heterocycles. The Labute approximate surface area is 159 Å². The van der Waals surface area contributed by atoms with Gasteiger partial charge in [0.2, 0.25) is 5.91 Å². The summed E-state index contributed by atoms with van der Waals surface area (Å²) in [6.07, 6.45) is 0. The molecule has 0 unspecified atom stereocenters. The summed E-state index contributed by atoms with van der Waals surface area (Å²) in [6.45, 7) is 7.47. The zero-order valence-electron chi connectivity index (χ0n) is 15.9. The number of carbonyl (C=O) groups excluding carboxylic acids is 1. The van der Waals surface area contributed by atoms with Gasteiger partial charge in [-0.2, -0.15) is 0 Å². The summed E-state index contributed by atoms with van der Waals surface area (Å²) in [5.41, 5.74) is 4.93.